The first kappa shape index (κ1) is 22.2. The summed E-state index contributed by atoms with van der Waals surface area (Å²) in [4.78, 5) is 14.0. The largest absolute Gasteiger partial charge is 0.335 e. The summed E-state index contributed by atoms with van der Waals surface area (Å²) in [6.45, 7) is 1.43. The second kappa shape index (κ2) is 9.57. The maximum atomic E-state index is 13.4. The van der Waals surface area contributed by atoms with E-state index in [-0.39, 0.29) is 17.9 Å². The van der Waals surface area contributed by atoms with E-state index in [1.165, 1.54) is 22.7 Å². The topological polar surface area (TPSA) is 98.4 Å². The molecule has 0 atom stereocenters. The van der Waals surface area contributed by atoms with Gasteiger partial charge in [0.15, 0.2) is 0 Å². The van der Waals surface area contributed by atoms with Crippen LogP contribution in [-0.2, 0) is 16.4 Å². The van der Waals surface area contributed by atoms with Gasteiger partial charge >= 0.3 is 6.03 Å². The monoisotopic (exact) mass is 437 g/mol. The smallest absolute Gasteiger partial charge is 0.317 e. The molecule has 0 bridgehead atoms. The molecule has 0 saturated carbocycles. The molecule has 3 rings (SSSR count). The van der Waals surface area contributed by atoms with Crippen LogP contribution in [0.1, 0.15) is 25.0 Å². The maximum absolute atomic E-state index is 13.4. The Morgan fingerprint density at radius 2 is 2.07 bits per heavy atom. The lowest BCUT2D eigenvalue weighted by Crippen LogP contribution is -2.49. The van der Waals surface area contributed by atoms with Crippen molar-refractivity contribution in [2.45, 2.75) is 31.7 Å². The third-order valence-electron chi connectivity index (χ3n) is 5.29. The predicted octanol–water partition coefficient (Wildman–Crippen LogP) is 2.21. The van der Waals surface area contributed by atoms with Gasteiger partial charge in [-0.1, -0.05) is 12.1 Å². The van der Waals surface area contributed by atoms with E-state index in [9.17, 15) is 17.6 Å². The van der Waals surface area contributed by atoms with Gasteiger partial charge in [-0.3, -0.25) is 5.10 Å². The number of aromatic amines is 1. The highest BCUT2D eigenvalue weighted by molar-refractivity contribution is 7.88. The van der Waals surface area contributed by atoms with Gasteiger partial charge < -0.3 is 10.2 Å². The zero-order valence-corrected chi connectivity index (χ0v) is 18.1. The average molecular weight is 438 g/mol. The van der Waals surface area contributed by atoms with E-state index in [0.717, 1.165) is 17.7 Å². The number of nitrogens with zero attached hydrogens (tertiary/aromatic N) is 3. The SMILES string of the molecule is CN(CCCc1cc(-c2cccc(F)c2)n[nH]1)C(=O)NC1CCN(S(C)(=O)=O)CC1. The fraction of sp³-hybridized carbons (Fsp3) is 0.500. The molecule has 1 fully saturated rings. The third kappa shape index (κ3) is 6.02. The van der Waals surface area contributed by atoms with Gasteiger partial charge in [-0.2, -0.15) is 5.10 Å². The average Bonchev–Trinajstić information content (AvgIpc) is 3.16. The Bertz CT molecular complexity index is 970. The zero-order valence-electron chi connectivity index (χ0n) is 17.3. The summed E-state index contributed by atoms with van der Waals surface area (Å²) in [5.41, 5.74) is 2.34. The van der Waals surface area contributed by atoms with Crippen LogP contribution in [0.3, 0.4) is 0 Å². The fourth-order valence-corrected chi connectivity index (χ4v) is 4.38. The highest BCUT2D eigenvalue weighted by atomic mass is 32.2. The van der Waals surface area contributed by atoms with Crippen LogP contribution < -0.4 is 5.32 Å². The predicted molar refractivity (Wildman–Crippen MR) is 113 cm³/mol. The van der Waals surface area contributed by atoms with Crippen molar-refractivity contribution in [1.29, 1.82) is 0 Å². The van der Waals surface area contributed by atoms with Crippen molar-refractivity contribution in [3.63, 3.8) is 0 Å². The molecule has 8 nitrogen and oxygen atoms in total. The Balaban J connectivity index is 1.41. The van der Waals surface area contributed by atoms with Crippen LogP contribution in [0, 0.1) is 5.82 Å². The minimum Gasteiger partial charge on any atom is -0.335 e. The van der Waals surface area contributed by atoms with Crippen LogP contribution in [0.4, 0.5) is 9.18 Å². The van der Waals surface area contributed by atoms with Gasteiger partial charge in [-0.25, -0.2) is 21.9 Å². The number of piperidine rings is 1. The molecular formula is C20H28FN5O3S. The minimum atomic E-state index is -3.17. The van der Waals surface area contributed by atoms with Crippen LogP contribution in [0.2, 0.25) is 0 Å². The van der Waals surface area contributed by atoms with Crippen LogP contribution in [0.5, 0.6) is 0 Å². The van der Waals surface area contributed by atoms with E-state index < -0.39 is 10.0 Å². The molecule has 1 aromatic heterocycles. The number of halogens is 1. The Hall–Kier alpha value is -2.46. The van der Waals surface area contributed by atoms with Crippen molar-refractivity contribution < 1.29 is 17.6 Å². The number of hydrogen-bond acceptors (Lipinski definition) is 4. The Labute approximate surface area is 176 Å². The van der Waals surface area contributed by atoms with E-state index in [0.29, 0.717) is 44.6 Å². The van der Waals surface area contributed by atoms with Crippen LogP contribution in [0.25, 0.3) is 11.3 Å². The normalized spacial score (nSPS) is 15.8. The van der Waals surface area contributed by atoms with E-state index in [2.05, 4.69) is 15.5 Å². The van der Waals surface area contributed by atoms with E-state index in [1.54, 1.807) is 18.0 Å². The third-order valence-corrected chi connectivity index (χ3v) is 6.59. The van der Waals surface area contributed by atoms with Crippen molar-refractivity contribution in [1.82, 2.24) is 24.7 Å². The number of carbonyl (C=O) groups excluding carboxylic acids is 1. The van der Waals surface area contributed by atoms with Crippen LogP contribution >= 0.6 is 0 Å². The van der Waals surface area contributed by atoms with E-state index in [4.69, 9.17) is 0 Å². The van der Waals surface area contributed by atoms with Gasteiger partial charge in [0.25, 0.3) is 0 Å². The molecule has 164 valence electrons. The Morgan fingerprint density at radius 3 is 2.73 bits per heavy atom. The summed E-state index contributed by atoms with van der Waals surface area (Å²) in [6.07, 6.45) is 3.90. The van der Waals surface area contributed by atoms with Crippen LogP contribution in [-0.4, -0.2) is 72.8 Å². The second-order valence-corrected chi connectivity index (χ2v) is 9.68. The van der Waals surface area contributed by atoms with Gasteiger partial charge in [0.2, 0.25) is 10.0 Å². The summed E-state index contributed by atoms with van der Waals surface area (Å²) >= 11 is 0. The van der Waals surface area contributed by atoms with Gasteiger partial charge in [-0.05, 0) is 43.9 Å². The molecule has 10 heteroatoms. The summed E-state index contributed by atoms with van der Waals surface area (Å²) in [5.74, 6) is -0.299. The van der Waals surface area contributed by atoms with Crippen molar-refractivity contribution in [2.24, 2.45) is 0 Å². The molecule has 1 aromatic carbocycles. The first-order valence-corrected chi connectivity index (χ1v) is 11.8. The Morgan fingerprint density at radius 1 is 1.33 bits per heavy atom. The molecule has 0 radical (unpaired) electrons. The number of benzene rings is 1. The number of nitrogens with one attached hydrogen (secondary N) is 2. The first-order valence-electron chi connectivity index (χ1n) is 9.99. The van der Waals surface area contributed by atoms with Gasteiger partial charge in [0.05, 0.1) is 11.9 Å². The summed E-state index contributed by atoms with van der Waals surface area (Å²) < 4.78 is 37.9. The van der Waals surface area contributed by atoms with Crippen molar-refractivity contribution in [3.05, 3.63) is 41.8 Å². The number of hydrogen-bond donors (Lipinski definition) is 2. The molecule has 0 spiro atoms. The number of aryl methyl sites for hydroxylation is 1. The summed E-state index contributed by atoms with van der Waals surface area (Å²) in [6, 6.07) is 8.02. The molecule has 2 heterocycles. The minimum absolute atomic E-state index is 0.0145. The van der Waals surface area contributed by atoms with Crippen molar-refractivity contribution in [3.8, 4) is 11.3 Å². The van der Waals surface area contributed by atoms with Crippen LogP contribution in [0.15, 0.2) is 30.3 Å². The number of amides is 2. The molecule has 1 saturated heterocycles. The number of H-pyrrole nitrogens is 1. The highest BCUT2D eigenvalue weighted by Gasteiger charge is 2.26. The highest BCUT2D eigenvalue weighted by Crippen LogP contribution is 2.19. The van der Waals surface area contributed by atoms with E-state index in [1.807, 2.05) is 12.1 Å². The van der Waals surface area contributed by atoms with E-state index >= 15 is 0 Å². The number of carbonyl (C=O) groups is 1. The quantitative estimate of drug-likeness (QED) is 0.694. The molecule has 2 N–H and O–H groups in total. The zero-order chi connectivity index (χ0) is 21.7. The molecule has 0 unspecified atom stereocenters. The number of urea groups is 1. The van der Waals surface area contributed by atoms with Gasteiger partial charge in [0.1, 0.15) is 5.82 Å². The fourth-order valence-electron chi connectivity index (χ4n) is 3.51. The molecule has 1 aliphatic rings. The Kier molecular flexibility index (Phi) is 7.09. The lowest BCUT2D eigenvalue weighted by Gasteiger charge is -2.31. The molecule has 1 aliphatic heterocycles. The van der Waals surface area contributed by atoms with Gasteiger partial charge in [-0.15, -0.1) is 0 Å². The maximum Gasteiger partial charge on any atom is 0.317 e. The molecular weight excluding hydrogens is 409 g/mol. The number of rotatable bonds is 7. The molecule has 0 aliphatic carbocycles. The summed E-state index contributed by atoms with van der Waals surface area (Å²) in [7, 11) is -1.43. The standard InChI is InChI=1S/C20H28FN5O3S/c1-25(20(27)22-17-8-11-26(12-9-17)30(2,28)29)10-4-7-18-14-19(24-23-18)15-5-3-6-16(21)13-15/h3,5-6,13-14,17H,4,7-12H2,1-2H3,(H,22,27)(H,23,24). The van der Waals surface area contributed by atoms with Crippen molar-refractivity contribution >= 4 is 16.1 Å². The summed E-state index contributed by atoms with van der Waals surface area (Å²) in [5, 5.41) is 10.2. The number of sulfonamides is 1. The number of aromatic nitrogens is 2. The van der Waals surface area contributed by atoms with Crippen molar-refractivity contribution in [2.75, 3.05) is 32.9 Å². The molecule has 2 aromatic rings. The second-order valence-electron chi connectivity index (χ2n) is 7.70. The lowest BCUT2D eigenvalue weighted by molar-refractivity contribution is 0.197. The first-order chi connectivity index (χ1) is 14.2. The lowest BCUT2D eigenvalue weighted by atomic mass is 10.1. The molecule has 2 amide bonds. The molecule has 30 heavy (non-hydrogen) atoms. The van der Waals surface area contributed by atoms with Gasteiger partial charge in [0, 0.05) is 44.0 Å².